The molecule has 1 unspecified atom stereocenters. The summed E-state index contributed by atoms with van der Waals surface area (Å²) in [6.45, 7) is 11.4. The Labute approximate surface area is 178 Å². The molecule has 0 aliphatic carbocycles. The molecule has 2 amide bonds. The number of benzene rings is 1. The molecule has 2 aromatic rings. The number of nitrogens with one attached hydrogen (secondary N) is 1. The largest absolute Gasteiger partial charge is 0.354 e. The average molecular weight is 413 g/mol. The molecule has 1 aromatic carbocycles. The highest BCUT2D eigenvalue weighted by atomic mass is 32.1. The molecular weight excluding hydrogens is 380 g/mol. The van der Waals surface area contributed by atoms with Crippen molar-refractivity contribution >= 4 is 23.2 Å². The molecule has 1 N–H and O–H groups in total. The van der Waals surface area contributed by atoms with Crippen molar-refractivity contribution in [1.82, 2.24) is 10.2 Å². The monoisotopic (exact) mass is 412 g/mol. The highest BCUT2D eigenvalue weighted by molar-refractivity contribution is 7.12. The molecule has 1 aliphatic rings. The van der Waals surface area contributed by atoms with Crippen molar-refractivity contribution in [3.05, 3.63) is 56.8 Å². The van der Waals surface area contributed by atoms with Crippen LogP contribution in [0.15, 0.2) is 30.3 Å². The number of rotatable bonds is 6. The maximum absolute atomic E-state index is 13.7. The van der Waals surface area contributed by atoms with E-state index in [1.165, 1.54) is 4.88 Å². The van der Waals surface area contributed by atoms with E-state index < -0.39 is 5.54 Å². The van der Waals surface area contributed by atoms with Gasteiger partial charge in [-0.25, -0.2) is 0 Å². The fourth-order valence-electron chi connectivity index (χ4n) is 3.92. The van der Waals surface area contributed by atoms with Gasteiger partial charge in [0.1, 0.15) is 5.54 Å². The zero-order chi connectivity index (χ0) is 21.2. The summed E-state index contributed by atoms with van der Waals surface area (Å²) in [5.41, 5.74) is 2.03. The Morgan fingerprint density at radius 2 is 1.93 bits per heavy atom. The average Bonchev–Trinajstić information content (AvgIpc) is 2.92. The maximum Gasteiger partial charge on any atom is 0.256 e. The predicted octanol–water partition coefficient (Wildman–Crippen LogP) is 4.87. The van der Waals surface area contributed by atoms with E-state index in [4.69, 9.17) is 0 Å². The van der Waals surface area contributed by atoms with Gasteiger partial charge in [-0.2, -0.15) is 0 Å². The first-order valence-electron chi connectivity index (χ1n) is 10.5. The summed E-state index contributed by atoms with van der Waals surface area (Å²) in [7, 11) is 0. The lowest BCUT2D eigenvalue weighted by Gasteiger charge is -2.39. The molecule has 3 rings (SSSR count). The lowest BCUT2D eigenvalue weighted by Crippen LogP contribution is -2.58. The molecule has 0 spiro atoms. The standard InChI is InChI=1S/C24H32N2O2S/c1-16(2)12-14-25-23(28)24(5)13-11-20-21(17(3)18(4)29-20)22(27)26(24)15-19-9-7-6-8-10-19/h6-10,16H,11-15H2,1-5H3,(H,25,28). The first-order chi connectivity index (χ1) is 13.7. The molecule has 29 heavy (non-hydrogen) atoms. The molecule has 4 nitrogen and oxygen atoms in total. The molecule has 0 saturated carbocycles. The molecule has 1 atom stereocenters. The van der Waals surface area contributed by atoms with Gasteiger partial charge in [-0.15, -0.1) is 11.3 Å². The lowest BCUT2D eigenvalue weighted by atomic mass is 9.92. The van der Waals surface area contributed by atoms with Crippen LogP contribution in [-0.4, -0.2) is 28.8 Å². The van der Waals surface area contributed by atoms with Crippen LogP contribution in [0.4, 0.5) is 0 Å². The van der Waals surface area contributed by atoms with Crippen LogP contribution in [0.5, 0.6) is 0 Å². The molecule has 156 valence electrons. The van der Waals surface area contributed by atoms with Crippen molar-refractivity contribution in [1.29, 1.82) is 0 Å². The van der Waals surface area contributed by atoms with Gasteiger partial charge < -0.3 is 10.2 Å². The van der Waals surface area contributed by atoms with Crippen LogP contribution in [-0.2, 0) is 17.8 Å². The Balaban J connectivity index is 1.97. The van der Waals surface area contributed by atoms with Gasteiger partial charge in [0.2, 0.25) is 5.91 Å². The number of hydrogen-bond donors (Lipinski definition) is 1. The summed E-state index contributed by atoms with van der Waals surface area (Å²) in [5, 5.41) is 3.10. The Bertz CT molecular complexity index is 888. The van der Waals surface area contributed by atoms with Crippen LogP contribution in [0.1, 0.15) is 64.9 Å². The molecule has 0 fully saturated rings. The second-order valence-electron chi connectivity index (χ2n) is 8.67. The Morgan fingerprint density at radius 1 is 1.24 bits per heavy atom. The molecular formula is C24H32N2O2S. The molecule has 2 heterocycles. The summed E-state index contributed by atoms with van der Waals surface area (Å²) >= 11 is 1.70. The lowest BCUT2D eigenvalue weighted by molar-refractivity contribution is -0.132. The van der Waals surface area contributed by atoms with Crippen molar-refractivity contribution in [2.45, 2.75) is 66.0 Å². The van der Waals surface area contributed by atoms with Gasteiger partial charge in [-0.3, -0.25) is 9.59 Å². The molecule has 1 aromatic heterocycles. The number of carbonyl (C=O) groups is 2. The third-order valence-corrected chi connectivity index (χ3v) is 7.30. The molecule has 0 bridgehead atoms. The van der Waals surface area contributed by atoms with E-state index in [2.05, 4.69) is 26.1 Å². The van der Waals surface area contributed by atoms with Crippen LogP contribution >= 0.6 is 11.3 Å². The van der Waals surface area contributed by atoms with Gasteiger partial charge in [0, 0.05) is 22.8 Å². The van der Waals surface area contributed by atoms with E-state index >= 15 is 0 Å². The van der Waals surface area contributed by atoms with Gasteiger partial charge in [-0.1, -0.05) is 44.2 Å². The van der Waals surface area contributed by atoms with E-state index in [0.717, 1.165) is 34.4 Å². The Morgan fingerprint density at radius 3 is 2.59 bits per heavy atom. The van der Waals surface area contributed by atoms with Gasteiger partial charge in [0.25, 0.3) is 5.91 Å². The van der Waals surface area contributed by atoms with Crippen LogP contribution in [0.25, 0.3) is 0 Å². The molecule has 0 saturated heterocycles. The number of thiophene rings is 1. The minimum Gasteiger partial charge on any atom is -0.354 e. The molecule has 1 aliphatic heterocycles. The van der Waals surface area contributed by atoms with Crippen molar-refractivity contribution in [2.75, 3.05) is 6.54 Å². The van der Waals surface area contributed by atoms with Crippen molar-refractivity contribution < 1.29 is 9.59 Å². The SMILES string of the molecule is Cc1sc2c(c1C)C(=O)N(Cc1ccccc1)C(C)(C(=O)NCCC(C)C)CC2. The number of amides is 2. The first-order valence-corrected chi connectivity index (χ1v) is 11.3. The van der Waals surface area contributed by atoms with Gasteiger partial charge in [0.15, 0.2) is 0 Å². The van der Waals surface area contributed by atoms with Crippen LogP contribution in [0.2, 0.25) is 0 Å². The zero-order valence-corrected chi connectivity index (χ0v) is 19.0. The van der Waals surface area contributed by atoms with Crippen molar-refractivity contribution in [2.24, 2.45) is 5.92 Å². The van der Waals surface area contributed by atoms with E-state index in [-0.39, 0.29) is 11.8 Å². The number of fused-ring (bicyclic) bond motifs is 1. The normalized spacial score (nSPS) is 19.2. The fraction of sp³-hybridized carbons (Fsp3) is 0.500. The predicted molar refractivity (Wildman–Crippen MR) is 119 cm³/mol. The van der Waals surface area contributed by atoms with Crippen LogP contribution in [0.3, 0.4) is 0 Å². The minimum absolute atomic E-state index is 0.0234. The third-order valence-electron chi connectivity index (χ3n) is 6.03. The highest BCUT2D eigenvalue weighted by Gasteiger charge is 2.45. The number of nitrogens with zero attached hydrogens (tertiary/aromatic N) is 1. The van der Waals surface area contributed by atoms with Gasteiger partial charge in [0.05, 0.1) is 5.56 Å². The Kier molecular flexibility index (Phi) is 6.47. The summed E-state index contributed by atoms with van der Waals surface area (Å²) in [6.07, 6.45) is 2.31. The van der Waals surface area contributed by atoms with Crippen molar-refractivity contribution in [3.8, 4) is 0 Å². The summed E-state index contributed by atoms with van der Waals surface area (Å²) in [5.74, 6) is 0.452. The van der Waals surface area contributed by atoms with Gasteiger partial charge in [-0.05, 0) is 57.1 Å². The fourth-order valence-corrected chi connectivity index (χ4v) is 5.09. The minimum atomic E-state index is -0.872. The van der Waals surface area contributed by atoms with E-state index in [1.807, 2.05) is 44.2 Å². The third kappa shape index (κ3) is 4.40. The quantitative estimate of drug-likeness (QED) is 0.735. The van der Waals surface area contributed by atoms with E-state index in [9.17, 15) is 9.59 Å². The summed E-state index contributed by atoms with van der Waals surface area (Å²) in [4.78, 5) is 31.2. The van der Waals surface area contributed by atoms with E-state index in [1.54, 1.807) is 16.2 Å². The smallest absolute Gasteiger partial charge is 0.256 e. The number of aryl methyl sites for hydroxylation is 2. The van der Waals surface area contributed by atoms with Crippen LogP contribution < -0.4 is 5.32 Å². The zero-order valence-electron chi connectivity index (χ0n) is 18.2. The first kappa shape index (κ1) is 21.6. The topological polar surface area (TPSA) is 49.4 Å². The number of carbonyl (C=O) groups excluding carboxylic acids is 2. The second kappa shape index (κ2) is 8.70. The highest BCUT2D eigenvalue weighted by Crippen LogP contribution is 2.37. The summed E-state index contributed by atoms with van der Waals surface area (Å²) in [6, 6.07) is 9.95. The summed E-state index contributed by atoms with van der Waals surface area (Å²) < 4.78 is 0. The van der Waals surface area contributed by atoms with Gasteiger partial charge >= 0.3 is 0 Å². The second-order valence-corrected chi connectivity index (χ2v) is 9.98. The Hall–Kier alpha value is -2.14. The number of hydrogen-bond acceptors (Lipinski definition) is 3. The molecule has 5 heteroatoms. The van der Waals surface area contributed by atoms with E-state index in [0.29, 0.717) is 25.4 Å². The molecule has 0 radical (unpaired) electrons. The van der Waals surface area contributed by atoms with Crippen LogP contribution in [0, 0.1) is 19.8 Å². The van der Waals surface area contributed by atoms with Crippen molar-refractivity contribution in [3.63, 3.8) is 0 Å². The maximum atomic E-state index is 13.7.